The molecule has 7 nitrogen and oxygen atoms in total. The second-order valence-corrected chi connectivity index (χ2v) is 8.31. The van der Waals surface area contributed by atoms with E-state index >= 15 is 0 Å². The number of aromatic nitrogens is 4. The fraction of sp³-hybridized carbons (Fsp3) is 0.192. The molecule has 2 aromatic carbocycles. The highest BCUT2D eigenvalue weighted by Crippen LogP contribution is 2.32. The van der Waals surface area contributed by atoms with Gasteiger partial charge in [-0.3, -0.25) is 13.9 Å². The predicted molar refractivity (Wildman–Crippen MR) is 128 cm³/mol. The molecule has 166 valence electrons. The van der Waals surface area contributed by atoms with Gasteiger partial charge < -0.3 is 10.1 Å². The smallest absolute Gasteiger partial charge is 0.331 e. The molecule has 2 atom stereocenters. The number of carboxylic acid groups (broad SMARTS) is 1. The van der Waals surface area contributed by atoms with Crippen molar-refractivity contribution in [2.24, 2.45) is 0 Å². The van der Waals surface area contributed by atoms with Gasteiger partial charge in [-0.05, 0) is 43.2 Å². The third-order valence-electron chi connectivity index (χ3n) is 6.31. The maximum absolute atomic E-state index is 13.9. The fourth-order valence-electron chi connectivity index (χ4n) is 4.79. The zero-order chi connectivity index (χ0) is 23.1. The van der Waals surface area contributed by atoms with E-state index in [1.165, 1.54) is 4.57 Å². The molecule has 0 fully saturated rings. The number of carbonyl (C=O) groups is 1. The largest absolute Gasteiger partial charge is 0.481 e. The van der Waals surface area contributed by atoms with E-state index in [1.807, 2.05) is 61.7 Å². The molecule has 0 bridgehead atoms. The summed E-state index contributed by atoms with van der Waals surface area (Å²) < 4.78 is 3.24. The van der Waals surface area contributed by atoms with Gasteiger partial charge in [0.25, 0.3) is 0 Å². The molecular weight excluding hydrogens is 416 g/mol. The molecule has 0 amide bonds. The van der Waals surface area contributed by atoms with Gasteiger partial charge in [-0.25, -0.2) is 9.78 Å². The number of rotatable bonds is 6. The molecule has 2 N–H and O–H groups in total. The van der Waals surface area contributed by atoms with E-state index < -0.39 is 12.0 Å². The molecule has 0 spiro atoms. The first kappa shape index (κ1) is 20.8. The number of carboxylic acids is 1. The summed E-state index contributed by atoms with van der Waals surface area (Å²) in [6.45, 7) is 4.04. The van der Waals surface area contributed by atoms with E-state index in [-0.39, 0.29) is 18.2 Å². The second-order valence-electron chi connectivity index (χ2n) is 8.31. The predicted octanol–water partition coefficient (Wildman–Crippen LogP) is 4.66. The maximum atomic E-state index is 13.9. The van der Waals surface area contributed by atoms with Crippen LogP contribution in [0.15, 0.2) is 77.9 Å². The number of benzene rings is 2. The highest BCUT2D eigenvalue weighted by molar-refractivity contribution is 5.87. The van der Waals surface area contributed by atoms with E-state index in [0.29, 0.717) is 11.2 Å². The van der Waals surface area contributed by atoms with Crippen molar-refractivity contribution in [1.29, 1.82) is 0 Å². The number of fused-ring (bicyclic) bond motifs is 2. The van der Waals surface area contributed by atoms with Gasteiger partial charge in [0, 0.05) is 28.9 Å². The molecule has 0 aliphatic rings. The highest BCUT2D eigenvalue weighted by Gasteiger charge is 2.27. The Morgan fingerprint density at radius 2 is 1.85 bits per heavy atom. The monoisotopic (exact) mass is 440 g/mol. The minimum atomic E-state index is -0.979. The molecule has 7 heteroatoms. The standard InChI is InChI=1S/C26H24N4O3/c1-16-8-6-11-20-24(16)19(15-28-20)17(2)29-21-12-7-13-27-25(21)30(26(29)33)22(14-23(31)32)18-9-4-3-5-10-18/h3-13,15,17,22,28H,14H2,1-2H3,(H,31,32). The quantitative estimate of drug-likeness (QED) is 0.402. The summed E-state index contributed by atoms with van der Waals surface area (Å²) in [6, 6.07) is 18.0. The van der Waals surface area contributed by atoms with Gasteiger partial charge in [-0.15, -0.1) is 0 Å². The summed E-state index contributed by atoms with van der Waals surface area (Å²) in [5.41, 5.74) is 4.75. The number of aromatic amines is 1. The summed E-state index contributed by atoms with van der Waals surface area (Å²) in [4.78, 5) is 33.5. The minimum Gasteiger partial charge on any atom is -0.481 e. The fourth-order valence-corrected chi connectivity index (χ4v) is 4.79. The average molecular weight is 441 g/mol. The van der Waals surface area contributed by atoms with E-state index in [4.69, 9.17) is 0 Å². The summed E-state index contributed by atoms with van der Waals surface area (Å²) in [5, 5.41) is 10.7. The van der Waals surface area contributed by atoms with Gasteiger partial charge in [0.05, 0.1) is 24.0 Å². The molecular formula is C26H24N4O3. The number of hydrogen-bond acceptors (Lipinski definition) is 3. The van der Waals surface area contributed by atoms with Crippen LogP contribution in [0.25, 0.3) is 22.1 Å². The van der Waals surface area contributed by atoms with Crippen LogP contribution in [0.2, 0.25) is 0 Å². The molecule has 5 aromatic rings. The summed E-state index contributed by atoms with van der Waals surface area (Å²) in [6.07, 6.45) is 3.35. The minimum absolute atomic E-state index is 0.222. The first-order chi connectivity index (χ1) is 16.0. The van der Waals surface area contributed by atoms with Gasteiger partial charge >= 0.3 is 11.7 Å². The molecule has 0 aliphatic heterocycles. The Kier molecular flexibility index (Phi) is 5.09. The lowest BCUT2D eigenvalue weighted by molar-refractivity contribution is -0.137. The Morgan fingerprint density at radius 1 is 1.06 bits per heavy atom. The van der Waals surface area contributed by atoms with Crippen molar-refractivity contribution in [3.8, 4) is 0 Å². The highest BCUT2D eigenvalue weighted by atomic mass is 16.4. The lowest BCUT2D eigenvalue weighted by Gasteiger charge is -2.17. The number of hydrogen-bond donors (Lipinski definition) is 2. The van der Waals surface area contributed by atoms with Crippen molar-refractivity contribution in [3.63, 3.8) is 0 Å². The van der Waals surface area contributed by atoms with Gasteiger partial charge in [-0.2, -0.15) is 0 Å². The molecule has 0 aliphatic carbocycles. The summed E-state index contributed by atoms with van der Waals surface area (Å²) >= 11 is 0. The Hall–Kier alpha value is -4.13. The average Bonchev–Trinajstić information content (AvgIpc) is 3.37. The first-order valence-electron chi connectivity index (χ1n) is 10.9. The van der Waals surface area contributed by atoms with Crippen molar-refractivity contribution in [1.82, 2.24) is 19.1 Å². The molecule has 0 saturated heterocycles. The lowest BCUT2D eigenvalue weighted by atomic mass is 10.0. The van der Waals surface area contributed by atoms with Gasteiger partial charge in [0.15, 0.2) is 5.65 Å². The molecule has 0 saturated carbocycles. The Balaban J connectivity index is 1.76. The number of pyridine rings is 1. The topological polar surface area (TPSA) is 92.9 Å². The van der Waals surface area contributed by atoms with Gasteiger partial charge in [0.1, 0.15) is 0 Å². The Labute approximate surface area is 189 Å². The van der Waals surface area contributed by atoms with Crippen LogP contribution in [0.5, 0.6) is 0 Å². The van der Waals surface area contributed by atoms with Crippen LogP contribution < -0.4 is 5.69 Å². The third kappa shape index (κ3) is 3.42. The van der Waals surface area contributed by atoms with E-state index in [2.05, 4.69) is 23.0 Å². The van der Waals surface area contributed by atoms with E-state index in [9.17, 15) is 14.7 Å². The van der Waals surface area contributed by atoms with E-state index in [0.717, 1.165) is 27.6 Å². The lowest BCUT2D eigenvalue weighted by Crippen LogP contribution is -2.31. The van der Waals surface area contributed by atoms with Crippen molar-refractivity contribution >= 4 is 28.0 Å². The zero-order valence-electron chi connectivity index (χ0n) is 18.4. The number of aryl methyl sites for hydroxylation is 1. The van der Waals surface area contributed by atoms with Gasteiger partial charge in [-0.1, -0.05) is 42.5 Å². The summed E-state index contributed by atoms with van der Waals surface area (Å²) in [5.74, 6) is -0.979. The molecule has 2 unspecified atom stereocenters. The van der Waals surface area contributed by atoms with Crippen LogP contribution >= 0.6 is 0 Å². The van der Waals surface area contributed by atoms with Gasteiger partial charge in [0.2, 0.25) is 0 Å². The normalized spacial score (nSPS) is 13.4. The molecule has 33 heavy (non-hydrogen) atoms. The van der Waals surface area contributed by atoms with Crippen LogP contribution in [-0.2, 0) is 4.79 Å². The van der Waals surface area contributed by atoms with Crippen LogP contribution in [0.1, 0.15) is 42.1 Å². The number of nitrogens with one attached hydrogen (secondary N) is 1. The van der Waals surface area contributed by atoms with Crippen molar-refractivity contribution in [2.45, 2.75) is 32.4 Å². The molecule has 3 aromatic heterocycles. The van der Waals surface area contributed by atoms with Crippen LogP contribution in [0.3, 0.4) is 0 Å². The van der Waals surface area contributed by atoms with Crippen LogP contribution in [0.4, 0.5) is 0 Å². The zero-order valence-corrected chi connectivity index (χ0v) is 18.4. The summed E-state index contributed by atoms with van der Waals surface area (Å²) in [7, 11) is 0. The third-order valence-corrected chi connectivity index (χ3v) is 6.31. The van der Waals surface area contributed by atoms with E-state index in [1.54, 1.807) is 16.8 Å². The molecule has 5 rings (SSSR count). The second kappa shape index (κ2) is 8.09. The van der Waals surface area contributed by atoms with Crippen molar-refractivity contribution in [3.05, 3.63) is 100 Å². The SMILES string of the molecule is Cc1cccc2[nH]cc(C(C)n3c(=O)n(C(CC(=O)O)c4ccccc4)c4ncccc43)c12. The first-order valence-corrected chi connectivity index (χ1v) is 10.9. The van der Waals surface area contributed by atoms with Crippen molar-refractivity contribution in [2.75, 3.05) is 0 Å². The number of H-pyrrole nitrogens is 1. The Morgan fingerprint density at radius 3 is 2.61 bits per heavy atom. The maximum Gasteiger partial charge on any atom is 0.331 e. The molecule has 3 heterocycles. The Bertz CT molecular complexity index is 1530. The number of imidazole rings is 1. The number of aliphatic carboxylic acids is 1. The van der Waals surface area contributed by atoms with Crippen LogP contribution in [-0.4, -0.2) is 30.2 Å². The van der Waals surface area contributed by atoms with Crippen LogP contribution in [0, 0.1) is 6.92 Å². The number of nitrogens with zero attached hydrogens (tertiary/aromatic N) is 3. The molecule has 0 radical (unpaired) electrons. The van der Waals surface area contributed by atoms with Crippen molar-refractivity contribution < 1.29 is 9.90 Å².